The summed E-state index contributed by atoms with van der Waals surface area (Å²) < 4.78 is 0. The first-order chi connectivity index (χ1) is 10.1. The van der Waals surface area contributed by atoms with Gasteiger partial charge in [0.1, 0.15) is 5.82 Å². The lowest BCUT2D eigenvalue weighted by molar-refractivity contribution is 0.0827. The van der Waals surface area contributed by atoms with Gasteiger partial charge in [-0.25, -0.2) is 4.98 Å². The Labute approximate surface area is 127 Å². The zero-order valence-corrected chi connectivity index (χ0v) is 13.3. The van der Waals surface area contributed by atoms with Crippen molar-refractivity contribution < 1.29 is 4.79 Å². The number of rotatable bonds is 5. The van der Waals surface area contributed by atoms with E-state index in [0.29, 0.717) is 5.56 Å². The monoisotopic (exact) mass is 290 g/mol. The maximum absolute atomic E-state index is 11.8. The molecule has 1 amide bonds. The highest BCUT2D eigenvalue weighted by molar-refractivity contribution is 5.93. The summed E-state index contributed by atoms with van der Waals surface area (Å²) >= 11 is 0. The van der Waals surface area contributed by atoms with Crippen LogP contribution in [0.3, 0.4) is 0 Å². The Kier molecular flexibility index (Phi) is 5.56. The Morgan fingerprint density at radius 1 is 1.38 bits per heavy atom. The highest BCUT2D eigenvalue weighted by Gasteiger charge is 2.14. The third-order valence-electron chi connectivity index (χ3n) is 4.03. The van der Waals surface area contributed by atoms with Crippen molar-refractivity contribution in [3.05, 3.63) is 23.9 Å². The zero-order valence-electron chi connectivity index (χ0n) is 13.3. The predicted molar refractivity (Wildman–Crippen MR) is 85.6 cm³/mol. The van der Waals surface area contributed by atoms with Gasteiger partial charge in [0, 0.05) is 33.4 Å². The summed E-state index contributed by atoms with van der Waals surface area (Å²) in [5.74, 6) is 1.69. The molecule has 0 bridgehead atoms. The van der Waals surface area contributed by atoms with Crippen LogP contribution >= 0.6 is 0 Å². The molecule has 1 N–H and O–H groups in total. The molecule has 116 valence electrons. The molecule has 1 saturated heterocycles. The van der Waals surface area contributed by atoms with Crippen molar-refractivity contribution in [2.24, 2.45) is 5.92 Å². The van der Waals surface area contributed by atoms with Gasteiger partial charge >= 0.3 is 0 Å². The Hall–Kier alpha value is -1.62. The molecule has 0 unspecified atom stereocenters. The van der Waals surface area contributed by atoms with Crippen LogP contribution in [-0.2, 0) is 0 Å². The average Bonchev–Trinajstić information content (AvgIpc) is 2.49. The largest absolute Gasteiger partial charge is 0.369 e. The Morgan fingerprint density at radius 2 is 2.10 bits per heavy atom. The van der Waals surface area contributed by atoms with E-state index in [4.69, 9.17) is 0 Å². The number of pyridine rings is 1. The smallest absolute Gasteiger partial charge is 0.254 e. The van der Waals surface area contributed by atoms with E-state index in [1.807, 2.05) is 12.1 Å². The molecule has 0 atom stereocenters. The fourth-order valence-electron chi connectivity index (χ4n) is 2.51. The third kappa shape index (κ3) is 4.70. The molecule has 2 heterocycles. The van der Waals surface area contributed by atoms with Crippen LogP contribution in [-0.4, -0.2) is 61.0 Å². The topological polar surface area (TPSA) is 48.5 Å². The summed E-state index contributed by atoms with van der Waals surface area (Å²) in [6.45, 7) is 6.67. The van der Waals surface area contributed by atoms with Gasteiger partial charge in [-0.1, -0.05) is 6.92 Å². The Morgan fingerprint density at radius 3 is 2.67 bits per heavy atom. The molecule has 1 aromatic rings. The van der Waals surface area contributed by atoms with E-state index in [0.717, 1.165) is 24.8 Å². The molecule has 21 heavy (non-hydrogen) atoms. The van der Waals surface area contributed by atoms with Crippen LogP contribution in [0.1, 0.15) is 30.1 Å². The lowest BCUT2D eigenvalue weighted by Crippen LogP contribution is -2.36. The van der Waals surface area contributed by atoms with Gasteiger partial charge in [-0.2, -0.15) is 0 Å². The number of nitrogens with zero attached hydrogens (tertiary/aromatic N) is 3. The number of hydrogen-bond acceptors (Lipinski definition) is 4. The fourth-order valence-corrected chi connectivity index (χ4v) is 2.51. The van der Waals surface area contributed by atoms with Crippen molar-refractivity contribution in [2.45, 2.75) is 19.8 Å². The molecule has 0 saturated carbocycles. The molecule has 0 spiro atoms. The van der Waals surface area contributed by atoms with Crippen LogP contribution in [0.25, 0.3) is 0 Å². The molecular weight excluding hydrogens is 264 g/mol. The number of aromatic nitrogens is 1. The van der Waals surface area contributed by atoms with Gasteiger partial charge in [-0.3, -0.25) is 4.79 Å². The SMILES string of the molecule is CC1CCN(CCNc2ccc(C(=O)N(C)C)cn2)CC1. The van der Waals surface area contributed by atoms with E-state index < -0.39 is 0 Å². The summed E-state index contributed by atoms with van der Waals surface area (Å²) in [7, 11) is 3.49. The van der Waals surface area contributed by atoms with Crippen LogP contribution in [0.2, 0.25) is 0 Å². The first kappa shape index (κ1) is 15.8. The number of nitrogens with one attached hydrogen (secondary N) is 1. The Balaban J connectivity index is 1.75. The van der Waals surface area contributed by atoms with E-state index in [-0.39, 0.29) is 5.91 Å². The second kappa shape index (κ2) is 7.41. The van der Waals surface area contributed by atoms with Crippen molar-refractivity contribution in [1.82, 2.24) is 14.8 Å². The number of carbonyl (C=O) groups is 1. The standard InChI is InChI=1S/C16H26N4O/c1-13-6-9-20(10-7-13)11-8-17-15-5-4-14(12-18-15)16(21)19(2)3/h4-5,12-13H,6-11H2,1-3H3,(H,17,18). The van der Waals surface area contributed by atoms with Gasteiger partial charge in [0.2, 0.25) is 0 Å². The van der Waals surface area contributed by atoms with Crippen LogP contribution in [0.5, 0.6) is 0 Å². The van der Waals surface area contributed by atoms with Crippen molar-refractivity contribution >= 4 is 11.7 Å². The number of anilines is 1. The first-order valence-corrected chi connectivity index (χ1v) is 7.70. The van der Waals surface area contributed by atoms with Gasteiger partial charge in [-0.05, 0) is 44.0 Å². The maximum atomic E-state index is 11.8. The van der Waals surface area contributed by atoms with E-state index in [9.17, 15) is 4.79 Å². The highest BCUT2D eigenvalue weighted by atomic mass is 16.2. The van der Waals surface area contributed by atoms with E-state index in [1.54, 1.807) is 25.2 Å². The Bertz CT molecular complexity index is 450. The average molecular weight is 290 g/mol. The molecule has 1 aliphatic heterocycles. The van der Waals surface area contributed by atoms with E-state index >= 15 is 0 Å². The lowest BCUT2D eigenvalue weighted by Gasteiger charge is -2.30. The zero-order chi connectivity index (χ0) is 15.2. The first-order valence-electron chi connectivity index (χ1n) is 7.70. The molecule has 0 aromatic carbocycles. The van der Waals surface area contributed by atoms with Gasteiger partial charge < -0.3 is 15.1 Å². The molecular formula is C16H26N4O. The normalized spacial score (nSPS) is 16.7. The van der Waals surface area contributed by atoms with E-state index in [1.165, 1.54) is 25.9 Å². The van der Waals surface area contributed by atoms with Crippen LogP contribution in [0, 0.1) is 5.92 Å². The summed E-state index contributed by atoms with van der Waals surface area (Å²) in [5.41, 5.74) is 0.621. The van der Waals surface area contributed by atoms with Gasteiger partial charge in [0.05, 0.1) is 5.56 Å². The molecule has 5 heteroatoms. The molecule has 2 rings (SSSR count). The van der Waals surface area contributed by atoms with Crippen molar-refractivity contribution in [3.63, 3.8) is 0 Å². The quantitative estimate of drug-likeness (QED) is 0.900. The molecule has 1 fully saturated rings. The molecule has 0 aliphatic carbocycles. The lowest BCUT2D eigenvalue weighted by atomic mass is 9.99. The minimum atomic E-state index is -0.0171. The molecule has 5 nitrogen and oxygen atoms in total. The second-order valence-corrected chi connectivity index (χ2v) is 6.08. The number of carbonyl (C=O) groups excluding carboxylic acids is 1. The van der Waals surface area contributed by atoms with Gasteiger partial charge in [-0.15, -0.1) is 0 Å². The van der Waals surface area contributed by atoms with Gasteiger partial charge in [0.25, 0.3) is 5.91 Å². The van der Waals surface area contributed by atoms with Gasteiger partial charge in [0.15, 0.2) is 0 Å². The fraction of sp³-hybridized carbons (Fsp3) is 0.625. The van der Waals surface area contributed by atoms with Crippen molar-refractivity contribution in [2.75, 3.05) is 45.6 Å². The predicted octanol–water partition coefficient (Wildman–Crippen LogP) is 1.93. The van der Waals surface area contributed by atoms with Crippen molar-refractivity contribution in [3.8, 4) is 0 Å². The number of likely N-dealkylation sites (tertiary alicyclic amines) is 1. The highest BCUT2D eigenvalue weighted by Crippen LogP contribution is 2.15. The summed E-state index contributed by atoms with van der Waals surface area (Å²) in [6, 6.07) is 3.69. The molecule has 1 aromatic heterocycles. The van der Waals surface area contributed by atoms with Crippen LogP contribution < -0.4 is 5.32 Å². The van der Waals surface area contributed by atoms with Crippen LogP contribution in [0.15, 0.2) is 18.3 Å². The number of hydrogen-bond donors (Lipinski definition) is 1. The second-order valence-electron chi connectivity index (χ2n) is 6.08. The summed E-state index contributed by atoms with van der Waals surface area (Å²) in [6.07, 6.45) is 4.24. The molecule has 1 aliphatic rings. The number of piperidine rings is 1. The number of amides is 1. The maximum Gasteiger partial charge on any atom is 0.254 e. The minimum Gasteiger partial charge on any atom is -0.369 e. The molecule has 0 radical (unpaired) electrons. The summed E-state index contributed by atoms with van der Waals surface area (Å²) in [5, 5.41) is 3.32. The van der Waals surface area contributed by atoms with E-state index in [2.05, 4.69) is 22.1 Å². The van der Waals surface area contributed by atoms with Crippen molar-refractivity contribution in [1.29, 1.82) is 0 Å². The summed E-state index contributed by atoms with van der Waals surface area (Å²) in [4.78, 5) is 20.1. The third-order valence-corrected chi connectivity index (χ3v) is 4.03. The van der Waals surface area contributed by atoms with Crippen LogP contribution in [0.4, 0.5) is 5.82 Å². The minimum absolute atomic E-state index is 0.0171.